The number of nitrogens with zero attached hydrogens (tertiary/aromatic N) is 1. The van der Waals surface area contributed by atoms with Crippen molar-refractivity contribution < 1.29 is 8.95 Å². The van der Waals surface area contributed by atoms with Gasteiger partial charge in [0, 0.05) is 47.0 Å². The Morgan fingerprint density at radius 1 is 1.44 bits per heavy atom. The number of benzene rings is 1. The molecule has 0 aromatic heterocycles. The van der Waals surface area contributed by atoms with E-state index in [1.54, 1.807) is 7.11 Å². The molecule has 0 spiro atoms. The van der Waals surface area contributed by atoms with Crippen LogP contribution >= 0.6 is 12.2 Å². The summed E-state index contributed by atoms with van der Waals surface area (Å²) in [5.74, 6) is 2.15. The van der Waals surface area contributed by atoms with Crippen molar-refractivity contribution in [2.24, 2.45) is 5.73 Å². The maximum Gasteiger partial charge on any atom is 0.120 e. The molecule has 0 saturated carbocycles. The van der Waals surface area contributed by atoms with E-state index in [9.17, 15) is 4.21 Å². The second-order valence-corrected chi connectivity index (χ2v) is 6.22. The van der Waals surface area contributed by atoms with Gasteiger partial charge in [-0.1, -0.05) is 12.2 Å². The minimum absolute atomic E-state index is 0.374. The average molecular weight is 284 g/mol. The van der Waals surface area contributed by atoms with E-state index in [2.05, 4.69) is 4.90 Å². The molecule has 1 heterocycles. The van der Waals surface area contributed by atoms with Gasteiger partial charge in [0.05, 0.1) is 12.8 Å². The Hall–Kier alpha value is -1.14. The molecule has 1 aromatic rings. The molecule has 0 bridgehead atoms. The van der Waals surface area contributed by atoms with Gasteiger partial charge in [-0.25, -0.2) is 0 Å². The van der Waals surface area contributed by atoms with Crippen LogP contribution in [-0.4, -0.2) is 40.9 Å². The van der Waals surface area contributed by atoms with Gasteiger partial charge in [-0.3, -0.25) is 4.21 Å². The van der Waals surface area contributed by atoms with Crippen molar-refractivity contribution in [1.82, 2.24) is 0 Å². The van der Waals surface area contributed by atoms with Crippen LogP contribution < -0.4 is 15.4 Å². The number of ether oxygens (including phenoxy) is 1. The van der Waals surface area contributed by atoms with E-state index in [1.165, 1.54) is 0 Å². The van der Waals surface area contributed by atoms with Gasteiger partial charge in [0.1, 0.15) is 10.7 Å². The van der Waals surface area contributed by atoms with Crippen LogP contribution in [0.25, 0.3) is 0 Å². The number of thiocarbonyl (C=S) groups is 1. The normalized spacial score (nSPS) is 16.6. The zero-order chi connectivity index (χ0) is 13.1. The molecule has 0 unspecified atom stereocenters. The van der Waals surface area contributed by atoms with Gasteiger partial charge in [0.2, 0.25) is 0 Å². The summed E-state index contributed by atoms with van der Waals surface area (Å²) in [6.45, 7) is 1.52. The number of anilines is 1. The summed E-state index contributed by atoms with van der Waals surface area (Å²) in [4.78, 5) is 2.54. The molecule has 1 aliphatic rings. The number of methoxy groups -OCH3 is 1. The fourth-order valence-corrected chi connectivity index (χ4v) is 3.21. The molecule has 1 saturated heterocycles. The lowest BCUT2D eigenvalue weighted by Gasteiger charge is -2.30. The molecular formula is C12H16N2O2S2. The lowest BCUT2D eigenvalue weighted by Crippen LogP contribution is -2.38. The van der Waals surface area contributed by atoms with E-state index in [0.717, 1.165) is 30.1 Å². The molecule has 6 heteroatoms. The molecule has 2 rings (SSSR count). The first kappa shape index (κ1) is 13.3. The van der Waals surface area contributed by atoms with Crippen LogP contribution in [0.15, 0.2) is 18.2 Å². The van der Waals surface area contributed by atoms with E-state index in [4.69, 9.17) is 22.7 Å². The van der Waals surface area contributed by atoms with Crippen LogP contribution in [0.4, 0.5) is 5.69 Å². The molecule has 1 aromatic carbocycles. The van der Waals surface area contributed by atoms with Crippen molar-refractivity contribution in [2.45, 2.75) is 0 Å². The van der Waals surface area contributed by atoms with Crippen molar-refractivity contribution in [3.05, 3.63) is 23.8 Å². The third-order valence-corrected chi connectivity index (χ3v) is 4.48. The molecule has 0 atom stereocenters. The third kappa shape index (κ3) is 2.81. The van der Waals surface area contributed by atoms with Gasteiger partial charge in [-0.15, -0.1) is 0 Å². The van der Waals surface area contributed by atoms with E-state index in [0.29, 0.717) is 16.5 Å². The Bertz CT molecular complexity index is 481. The lowest BCUT2D eigenvalue weighted by atomic mass is 10.1. The molecule has 0 radical (unpaired) electrons. The van der Waals surface area contributed by atoms with Crippen LogP contribution in [0.3, 0.4) is 0 Å². The Morgan fingerprint density at radius 2 is 2.11 bits per heavy atom. The molecular weight excluding hydrogens is 268 g/mol. The molecule has 0 amide bonds. The molecule has 98 valence electrons. The van der Waals surface area contributed by atoms with Crippen LogP contribution in [0.1, 0.15) is 5.56 Å². The van der Waals surface area contributed by atoms with Crippen LogP contribution in [0, 0.1) is 0 Å². The van der Waals surface area contributed by atoms with Crippen LogP contribution in [0.5, 0.6) is 5.75 Å². The third-order valence-electron chi connectivity index (χ3n) is 2.99. The first-order chi connectivity index (χ1) is 8.61. The zero-order valence-electron chi connectivity index (χ0n) is 10.2. The smallest absolute Gasteiger partial charge is 0.120 e. The Kier molecular flexibility index (Phi) is 4.19. The zero-order valence-corrected chi connectivity index (χ0v) is 11.9. The van der Waals surface area contributed by atoms with Gasteiger partial charge in [-0.05, 0) is 12.1 Å². The summed E-state index contributed by atoms with van der Waals surface area (Å²) >= 11 is 5.07. The highest BCUT2D eigenvalue weighted by Gasteiger charge is 2.19. The van der Waals surface area contributed by atoms with Crippen molar-refractivity contribution in [2.75, 3.05) is 36.6 Å². The van der Waals surface area contributed by atoms with Crippen molar-refractivity contribution in [1.29, 1.82) is 0 Å². The number of rotatable bonds is 3. The van der Waals surface area contributed by atoms with Crippen molar-refractivity contribution in [3.63, 3.8) is 0 Å². The fourth-order valence-electron chi connectivity index (χ4n) is 1.99. The Morgan fingerprint density at radius 3 is 2.67 bits per heavy atom. The van der Waals surface area contributed by atoms with Crippen LogP contribution in [0.2, 0.25) is 0 Å². The molecule has 2 N–H and O–H groups in total. The first-order valence-electron chi connectivity index (χ1n) is 5.69. The Balaban J connectivity index is 2.34. The molecule has 4 nitrogen and oxygen atoms in total. The summed E-state index contributed by atoms with van der Waals surface area (Å²) < 4.78 is 16.6. The highest BCUT2D eigenvalue weighted by Crippen LogP contribution is 2.27. The van der Waals surface area contributed by atoms with Crippen molar-refractivity contribution >= 4 is 33.7 Å². The number of nitrogens with two attached hydrogens (primary N) is 1. The fraction of sp³-hybridized carbons (Fsp3) is 0.417. The monoisotopic (exact) mass is 284 g/mol. The SMILES string of the molecule is COc1ccc(C(N)=S)c(N2CCS(=O)CC2)c1. The second-order valence-electron chi connectivity index (χ2n) is 4.08. The minimum atomic E-state index is -0.696. The summed E-state index contributed by atoms with van der Waals surface area (Å²) in [7, 11) is 0.934. The van der Waals surface area contributed by atoms with Gasteiger partial charge in [0.15, 0.2) is 0 Å². The highest BCUT2D eigenvalue weighted by atomic mass is 32.2. The Labute approximate surface area is 115 Å². The molecule has 18 heavy (non-hydrogen) atoms. The van der Waals surface area contributed by atoms with E-state index >= 15 is 0 Å². The summed E-state index contributed by atoms with van der Waals surface area (Å²) in [5.41, 5.74) is 7.56. The predicted octanol–water partition coefficient (Wildman–Crippen LogP) is 0.898. The highest BCUT2D eigenvalue weighted by molar-refractivity contribution is 7.85. The van der Waals surface area contributed by atoms with Crippen molar-refractivity contribution in [3.8, 4) is 5.75 Å². The van der Waals surface area contributed by atoms with Gasteiger partial charge in [0.25, 0.3) is 0 Å². The lowest BCUT2D eigenvalue weighted by molar-refractivity contribution is 0.415. The van der Waals surface area contributed by atoms with Crippen LogP contribution in [-0.2, 0) is 10.8 Å². The predicted molar refractivity (Wildman–Crippen MR) is 79.0 cm³/mol. The van der Waals surface area contributed by atoms with Gasteiger partial charge >= 0.3 is 0 Å². The van der Waals surface area contributed by atoms with Gasteiger partial charge in [-0.2, -0.15) is 0 Å². The minimum Gasteiger partial charge on any atom is -0.497 e. The largest absolute Gasteiger partial charge is 0.497 e. The topological polar surface area (TPSA) is 55.6 Å². The van der Waals surface area contributed by atoms with E-state index < -0.39 is 10.8 Å². The summed E-state index contributed by atoms with van der Waals surface area (Å²) in [5, 5.41) is 0. The standard InChI is InChI=1S/C12H16N2O2S2/c1-16-9-2-3-10(12(13)17)11(8-9)14-4-6-18(15)7-5-14/h2-3,8H,4-7H2,1H3,(H2,13,17). The van der Waals surface area contributed by atoms with E-state index in [-0.39, 0.29) is 0 Å². The number of hydrogen-bond acceptors (Lipinski definition) is 4. The van der Waals surface area contributed by atoms with E-state index in [1.807, 2.05) is 18.2 Å². The molecule has 0 aliphatic carbocycles. The maximum absolute atomic E-state index is 11.4. The molecule has 1 aliphatic heterocycles. The van der Waals surface area contributed by atoms with Gasteiger partial charge < -0.3 is 15.4 Å². The first-order valence-corrected chi connectivity index (χ1v) is 7.59. The summed E-state index contributed by atoms with van der Waals surface area (Å²) in [6, 6.07) is 5.66. The number of hydrogen-bond donors (Lipinski definition) is 1. The quantitative estimate of drug-likeness (QED) is 0.836. The second kappa shape index (κ2) is 5.67. The maximum atomic E-state index is 11.4. The summed E-state index contributed by atoms with van der Waals surface area (Å²) in [6.07, 6.45) is 0. The molecule has 1 fully saturated rings. The average Bonchev–Trinajstić information content (AvgIpc) is 2.38.